The summed E-state index contributed by atoms with van der Waals surface area (Å²) in [4.78, 5) is 33.6. The second-order valence-electron chi connectivity index (χ2n) is 4.75. The average Bonchev–Trinajstić information content (AvgIpc) is 2.75. The lowest BCUT2D eigenvalue weighted by Gasteiger charge is -2.14. The van der Waals surface area contributed by atoms with Gasteiger partial charge in [0, 0.05) is 18.8 Å². The molecule has 1 aliphatic heterocycles. The summed E-state index contributed by atoms with van der Waals surface area (Å²) in [6, 6.07) is 9.02. The number of carbonyl (C=O) groups is 2. The molecule has 0 bridgehead atoms. The van der Waals surface area contributed by atoms with Crippen molar-refractivity contribution in [3.63, 3.8) is 0 Å². The normalized spacial score (nSPS) is 18.6. The van der Waals surface area contributed by atoms with Gasteiger partial charge in [-0.25, -0.2) is 9.97 Å². The lowest BCUT2D eigenvalue weighted by Crippen LogP contribution is -2.30. The highest BCUT2D eigenvalue weighted by Crippen LogP contribution is 2.28. The third-order valence-electron chi connectivity index (χ3n) is 3.35. The van der Waals surface area contributed by atoms with E-state index in [9.17, 15) is 9.59 Å². The molecule has 0 saturated carbocycles. The molecule has 5 heteroatoms. The Labute approximate surface area is 116 Å². The Morgan fingerprint density at radius 1 is 1.10 bits per heavy atom. The number of imide groups is 1. The molecule has 3 rings (SSSR count). The third-order valence-corrected chi connectivity index (χ3v) is 3.35. The third kappa shape index (κ3) is 2.30. The summed E-state index contributed by atoms with van der Waals surface area (Å²) in [6.45, 7) is 0. The summed E-state index contributed by atoms with van der Waals surface area (Å²) in [7, 11) is 0. The Kier molecular flexibility index (Phi) is 3.25. The Bertz CT molecular complexity index is 628. The van der Waals surface area contributed by atoms with Crippen LogP contribution in [0.4, 0.5) is 5.69 Å². The van der Waals surface area contributed by atoms with Crippen LogP contribution in [0.15, 0.2) is 49.1 Å². The van der Waals surface area contributed by atoms with Gasteiger partial charge in [0.1, 0.15) is 6.33 Å². The van der Waals surface area contributed by atoms with Gasteiger partial charge in [0.05, 0.1) is 11.6 Å². The molecule has 2 aromatic rings. The number of amides is 2. The number of carbonyl (C=O) groups excluding carboxylic acids is 2. The fourth-order valence-corrected chi connectivity index (χ4v) is 2.42. The monoisotopic (exact) mass is 267 g/mol. The predicted octanol–water partition coefficient (Wildman–Crippen LogP) is 1.60. The van der Waals surface area contributed by atoms with Crippen LogP contribution in [-0.4, -0.2) is 21.8 Å². The Hall–Kier alpha value is -2.56. The van der Waals surface area contributed by atoms with Crippen LogP contribution in [0, 0.1) is 5.92 Å². The number of benzene rings is 1. The first kappa shape index (κ1) is 12.5. The summed E-state index contributed by atoms with van der Waals surface area (Å²) >= 11 is 0. The van der Waals surface area contributed by atoms with Crippen LogP contribution < -0.4 is 4.90 Å². The van der Waals surface area contributed by atoms with Gasteiger partial charge in [-0.1, -0.05) is 18.2 Å². The molecule has 100 valence electrons. The molecule has 1 unspecified atom stereocenters. The second-order valence-corrected chi connectivity index (χ2v) is 4.75. The number of anilines is 1. The van der Waals surface area contributed by atoms with Crippen molar-refractivity contribution in [2.75, 3.05) is 4.90 Å². The van der Waals surface area contributed by atoms with E-state index in [0.717, 1.165) is 5.56 Å². The Morgan fingerprint density at radius 2 is 1.80 bits per heavy atom. The largest absolute Gasteiger partial charge is 0.274 e. The van der Waals surface area contributed by atoms with Crippen molar-refractivity contribution in [1.82, 2.24) is 9.97 Å². The van der Waals surface area contributed by atoms with Gasteiger partial charge < -0.3 is 0 Å². The van der Waals surface area contributed by atoms with Gasteiger partial charge in [-0.2, -0.15) is 0 Å². The van der Waals surface area contributed by atoms with E-state index in [1.807, 2.05) is 18.2 Å². The number of rotatable bonds is 3. The van der Waals surface area contributed by atoms with Crippen LogP contribution >= 0.6 is 0 Å². The lowest BCUT2D eigenvalue weighted by molar-refractivity contribution is -0.122. The molecule has 5 nitrogen and oxygen atoms in total. The van der Waals surface area contributed by atoms with Crippen molar-refractivity contribution < 1.29 is 9.59 Å². The van der Waals surface area contributed by atoms with Crippen molar-refractivity contribution in [2.45, 2.75) is 12.8 Å². The van der Waals surface area contributed by atoms with Crippen molar-refractivity contribution in [1.29, 1.82) is 0 Å². The van der Waals surface area contributed by atoms with E-state index in [0.29, 0.717) is 12.1 Å². The van der Waals surface area contributed by atoms with E-state index in [4.69, 9.17) is 0 Å². The van der Waals surface area contributed by atoms with Crippen LogP contribution in [0.5, 0.6) is 0 Å². The summed E-state index contributed by atoms with van der Waals surface area (Å²) in [6.07, 6.45) is 5.53. The van der Waals surface area contributed by atoms with Crippen LogP contribution in [0.2, 0.25) is 0 Å². The zero-order valence-electron chi connectivity index (χ0n) is 10.8. The number of hydrogen-bond donors (Lipinski definition) is 0. The maximum atomic E-state index is 12.4. The van der Waals surface area contributed by atoms with Crippen molar-refractivity contribution in [2.24, 2.45) is 5.92 Å². The van der Waals surface area contributed by atoms with Crippen LogP contribution in [0.25, 0.3) is 0 Å². The zero-order valence-corrected chi connectivity index (χ0v) is 10.8. The van der Waals surface area contributed by atoms with Crippen LogP contribution in [0.1, 0.15) is 12.0 Å². The zero-order chi connectivity index (χ0) is 13.9. The summed E-state index contributed by atoms with van der Waals surface area (Å²) < 4.78 is 0. The van der Waals surface area contributed by atoms with E-state index in [2.05, 4.69) is 9.97 Å². The number of nitrogens with zero attached hydrogens (tertiary/aromatic N) is 3. The topological polar surface area (TPSA) is 63.2 Å². The summed E-state index contributed by atoms with van der Waals surface area (Å²) in [5, 5.41) is 0. The fourth-order valence-electron chi connectivity index (χ4n) is 2.42. The van der Waals surface area contributed by atoms with Gasteiger partial charge in [0.15, 0.2) is 0 Å². The van der Waals surface area contributed by atoms with Gasteiger partial charge in [0.2, 0.25) is 11.8 Å². The highest BCUT2D eigenvalue weighted by atomic mass is 16.2. The smallest absolute Gasteiger partial charge is 0.237 e. The number of aromatic nitrogens is 2. The van der Waals surface area contributed by atoms with Crippen molar-refractivity contribution in [3.8, 4) is 0 Å². The summed E-state index contributed by atoms with van der Waals surface area (Å²) in [5.41, 5.74) is 1.50. The Balaban J connectivity index is 1.81. The second kappa shape index (κ2) is 5.21. The average molecular weight is 267 g/mol. The highest BCUT2D eigenvalue weighted by molar-refractivity contribution is 6.20. The first-order valence-electron chi connectivity index (χ1n) is 6.41. The molecule has 2 amide bonds. The van der Waals surface area contributed by atoms with E-state index in [1.165, 1.54) is 11.2 Å². The van der Waals surface area contributed by atoms with E-state index in [-0.39, 0.29) is 24.2 Å². The van der Waals surface area contributed by atoms with E-state index >= 15 is 0 Å². The van der Waals surface area contributed by atoms with Gasteiger partial charge >= 0.3 is 0 Å². The first-order chi connectivity index (χ1) is 9.75. The maximum absolute atomic E-state index is 12.4. The molecule has 0 aliphatic carbocycles. The molecule has 2 heterocycles. The van der Waals surface area contributed by atoms with Gasteiger partial charge in [-0.3, -0.25) is 14.5 Å². The molecule has 1 aromatic carbocycles. The quantitative estimate of drug-likeness (QED) is 0.792. The molecule has 1 aliphatic rings. The Morgan fingerprint density at radius 3 is 2.50 bits per heavy atom. The van der Waals surface area contributed by atoms with E-state index in [1.54, 1.807) is 24.5 Å². The molecule has 1 fully saturated rings. The lowest BCUT2D eigenvalue weighted by atomic mass is 10.00. The number of para-hydroxylation sites is 1. The minimum absolute atomic E-state index is 0.148. The summed E-state index contributed by atoms with van der Waals surface area (Å²) in [5.74, 6) is -0.623. The maximum Gasteiger partial charge on any atom is 0.237 e. The van der Waals surface area contributed by atoms with Crippen LogP contribution in [0.3, 0.4) is 0 Å². The fraction of sp³-hybridized carbons (Fsp3) is 0.200. The molecule has 0 spiro atoms. The molecule has 1 atom stereocenters. The van der Waals surface area contributed by atoms with Crippen LogP contribution in [-0.2, 0) is 16.0 Å². The molecule has 0 N–H and O–H groups in total. The molecular formula is C15H13N3O2. The molecule has 1 saturated heterocycles. The molecule has 0 radical (unpaired) electrons. The molecule has 1 aromatic heterocycles. The minimum Gasteiger partial charge on any atom is -0.274 e. The van der Waals surface area contributed by atoms with E-state index < -0.39 is 0 Å². The predicted molar refractivity (Wildman–Crippen MR) is 72.8 cm³/mol. The van der Waals surface area contributed by atoms with Gasteiger partial charge in [-0.15, -0.1) is 0 Å². The molecular weight excluding hydrogens is 254 g/mol. The highest BCUT2D eigenvalue weighted by Gasteiger charge is 2.39. The SMILES string of the molecule is O=C1CC(Cc2cncnc2)C(=O)N1c1ccccc1. The van der Waals surface area contributed by atoms with Gasteiger partial charge in [-0.05, 0) is 24.1 Å². The molecule has 20 heavy (non-hydrogen) atoms. The van der Waals surface area contributed by atoms with Gasteiger partial charge in [0.25, 0.3) is 0 Å². The van der Waals surface area contributed by atoms with Crippen molar-refractivity contribution >= 4 is 17.5 Å². The van der Waals surface area contributed by atoms with Crippen molar-refractivity contribution in [3.05, 3.63) is 54.6 Å². The standard InChI is InChI=1S/C15H13N3O2/c19-14-7-12(6-11-8-16-10-17-9-11)15(20)18(14)13-4-2-1-3-5-13/h1-5,8-10,12H,6-7H2. The number of hydrogen-bond acceptors (Lipinski definition) is 4. The minimum atomic E-state index is -0.325. The first-order valence-corrected chi connectivity index (χ1v) is 6.41.